The second-order valence-electron chi connectivity index (χ2n) is 6.78. The SMILES string of the molecule is COc1ccc(-n2c(SCC(=O)NC(=O)NC(C)C)nnc2-c2ccccc2Cl)cc1. The zero-order valence-electron chi connectivity index (χ0n) is 17.3. The summed E-state index contributed by atoms with van der Waals surface area (Å²) in [6, 6.07) is 14.1. The predicted molar refractivity (Wildman–Crippen MR) is 121 cm³/mol. The molecule has 0 aliphatic heterocycles. The first kappa shape index (κ1) is 22.6. The number of nitrogens with zero attached hydrogens (tertiary/aromatic N) is 3. The number of carbonyl (C=O) groups excluding carboxylic acids is 2. The average Bonchev–Trinajstić information content (AvgIpc) is 3.15. The summed E-state index contributed by atoms with van der Waals surface area (Å²) in [4.78, 5) is 23.9. The first-order chi connectivity index (χ1) is 14.9. The number of urea groups is 1. The van der Waals surface area contributed by atoms with Crippen molar-refractivity contribution in [3.63, 3.8) is 0 Å². The summed E-state index contributed by atoms with van der Waals surface area (Å²) in [5, 5.41) is 14.5. The smallest absolute Gasteiger partial charge is 0.321 e. The van der Waals surface area contributed by atoms with Crippen molar-refractivity contribution >= 4 is 35.3 Å². The zero-order valence-corrected chi connectivity index (χ0v) is 18.8. The van der Waals surface area contributed by atoms with Gasteiger partial charge in [-0.2, -0.15) is 0 Å². The van der Waals surface area contributed by atoms with Crippen LogP contribution < -0.4 is 15.4 Å². The summed E-state index contributed by atoms with van der Waals surface area (Å²) in [5.41, 5.74) is 1.49. The molecule has 3 aromatic rings. The normalized spacial score (nSPS) is 10.7. The molecule has 8 nitrogen and oxygen atoms in total. The zero-order chi connectivity index (χ0) is 22.4. The molecule has 0 aliphatic rings. The molecule has 0 spiro atoms. The largest absolute Gasteiger partial charge is 0.497 e. The molecular weight excluding hydrogens is 438 g/mol. The molecule has 0 atom stereocenters. The third-order valence-electron chi connectivity index (χ3n) is 4.08. The van der Waals surface area contributed by atoms with Crippen LogP contribution in [0.1, 0.15) is 13.8 Å². The van der Waals surface area contributed by atoms with Gasteiger partial charge in [0, 0.05) is 17.3 Å². The molecule has 3 amide bonds. The summed E-state index contributed by atoms with van der Waals surface area (Å²) in [6.45, 7) is 3.62. The quantitative estimate of drug-likeness (QED) is 0.519. The maximum atomic E-state index is 12.2. The Kier molecular flexibility index (Phi) is 7.54. The molecule has 1 heterocycles. The number of amides is 3. The highest BCUT2D eigenvalue weighted by atomic mass is 35.5. The van der Waals surface area contributed by atoms with Crippen LogP contribution in [0.3, 0.4) is 0 Å². The monoisotopic (exact) mass is 459 g/mol. The molecule has 2 N–H and O–H groups in total. The summed E-state index contributed by atoms with van der Waals surface area (Å²) < 4.78 is 7.05. The summed E-state index contributed by atoms with van der Waals surface area (Å²) in [6.07, 6.45) is 0. The van der Waals surface area contributed by atoms with Gasteiger partial charge < -0.3 is 10.1 Å². The molecule has 3 rings (SSSR count). The van der Waals surface area contributed by atoms with Gasteiger partial charge in [0.25, 0.3) is 0 Å². The Morgan fingerprint density at radius 3 is 2.48 bits per heavy atom. The Morgan fingerprint density at radius 1 is 1.13 bits per heavy atom. The highest BCUT2D eigenvalue weighted by molar-refractivity contribution is 7.99. The highest BCUT2D eigenvalue weighted by Gasteiger charge is 2.19. The number of nitrogens with one attached hydrogen (secondary N) is 2. The number of thioether (sulfide) groups is 1. The number of halogens is 1. The van der Waals surface area contributed by atoms with Crippen molar-refractivity contribution in [1.82, 2.24) is 25.4 Å². The molecule has 0 unspecified atom stereocenters. The van der Waals surface area contributed by atoms with E-state index in [-0.39, 0.29) is 11.8 Å². The molecule has 0 fully saturated rings. The van der Waals surface area contributed by atoms with Gasteiger partial charge in [-0.15, -0.1) is 10.2 Å². The van der Waals surface area contributed by atoms with E-state index in [1.54, 1.807) is 13.2 Å². The van der Waals surface area contributed by atoms with Gasteiger partial charge in [-0.3, -0.25) is 14.7 Å². The fourth-order valence-electron chi connectivity index (χ4n) is 2.74. The van der Waals surface area contributed by atoms with E-state index in [0.717, 1.165) is 5.69 Å². The Bertz CT molecular complexity index is 1070. The summed E-state index contributed by atoms with van der Waals surface area (Å²) in [5.74, 6) is 0.798. The minimum atomic E-state index is -0.533. The summed E-state index contributed by atoms with van der Waals surface area (Å²) >= 11 is 7.55. The topological polar surface area (TPSA) is 98.1 Å². The number of aromatic nitrogens is 3. The molecular formula is C21H22ClN5O3S. The van der Waals surface area contributed by atoms with E-state index in [1.165, 1.54) is 11.8 Å². The molecule has 0 saturated heterocycles. The van der Waals surface area contributed by atoms with Gasteiger partial charge in [-0.1, -0.05) is 35.5 Å². The second kappa shape index (κ2) is 10.3. The maximum absolute atomic E-state index is 12.2. The molecule has 0 aliphatic carbocycles. The van der Waals surface area contributed by atoms with E-state index in [2.05, 4.69) is 20.8 Å². The average molecular weight is 460 g/mol. The lowest BCUT2D eigenvalue weighted by molar-refractivity contribution is -0.117. The first-order valence-electron chi connectivity index (χ1n) is 9.47. The van der Waals surface area contributed by atoms with E-state index in [9.17, 15) is 9.59 Å². The van der Waals surface area contributed by atoms with E-state index >= 15 is 0 Å². The second-order valence-corrected chi connectivity index (χ2v) is 8.13. The van der Waals surface area contributed by atoms with Crippen LogP contribution >= 0.6 is 23.4 Å². The van der Waals surface area contributed by atoms with E-state index in [1.807, 2.05) is 60.9 Å². The Hall–Kier alpha value is -3.04. The van der Waals surface area contributed by atoms with E-state index < -0.39 is 11.9 Å². The molecule has 31 heavy (non-hydrogen) atoms. The van der Waals surface area contributed by atoms with Crippen LogP contribution in [0.5, 0.6) is 5.75 Å². The van der Waals surface area contributed by atoms with Gasteiger partial charge in [0.2, 0.25) is 5.91 Å². The third-order valence-corrected chi connectivity index (χ3v) is 5.34. The van der Waals surface area contributed by atoms with Crippen molar-refractivity contribution in [3.8, 4) is 22.8 Å². The van der Waals surface area contributed by atoms with Gasteiger partial charge in [-0.05, 0) is 50.2 Å². The molecule has 10 heteroatoms. The van der Waals surface area contributed by atoms with Crippen molar-refractivity contribution < 1.29 is 14.3 Å². The highest BCUT2D eigenvalue weighted by Crippen LogP contribution is 2.32. The minimum Gasteiger partial charge on any atom is -0.497 e. The van der Waals surface area contributed by atoms with Crippen LogP contribution in [0.15, 0.2) is 53.7 Å². The molecule has 0 saturated carbocycles. The lowest BCUT2D eigenvalue weighted by Gasteiger charge is -2.12. The van der Waals surface area contributed by atoms with Crippen molar-refractivity contribution in [2.24, 2.45) is 0 Å². The van der Waals surface area contributed by atoms with Gasteiger partial charge in [-0.25, -0.2) is 4.79 Å². The van der Waals surface area contributed by atoms with Gasteiger partial charge >= 0.3 is 6.03 Å². The van der Waals surface area contributed by atoms with Crippen molar-refractivity contribution in [3.05, 3.63) is 53.6 Å². The van der Waals surface area contributed by atoms with Crippen molar-refractivity contribution in [1.29, 1.82) is 0 Å². The van der Waals surface area contributed by atoms with Gasteiger partial charge in [0.1, 0.15) is 5.75 Å². The first-order valence-corrected chi connectivity index (χ1v) is 10.8. The standard InChI is InChI=1S/C21H22ClN5O3S/c1-13(2)23-20(29)24-18(28)12-31-21-26-25-19(16-6-4-5-7-17(16)22)27(21)14-8-10-15(30-3)11-9-14/h4-11,13H,12H2,1-3H3,(H2,23,24,28,29). The predicted octanol–water partition coefficient (Wildman–Crippen LogP) is 3.92. The minimum absolute atomic E-state index is 0.0116. The van der Waals surface area contributed by atoms with Crippen LogP contribution in [-0.4, -0.2) is 45.6 Å². The molecule has 162 valence electrons. The number of ether oxygens (including phenoxy) is 1. The van der Waals surface area contributed by atoms with Gasteiger partial charge in [0.15, 0.2) is 11.0 Å². The van der Waals surface area contributed by atoms with Gasteiger partial charge in [0.05, 0.1) is 17.9 Å². The number of carbonyl (C=O) groups is 2. The Labute approximate surface area is 189 Å². The van der Waals surface area contributed by atoms with E-state index in [4.69, 9.17) is 16.3 Å². The number of imide groups is 1. The fourth-order valence-corrected chi connectivity index (χ4v) is 3.71. The fraction of sp³-hybridized carbons (Fsp3) is 0.238. The number of methoxy groups -OCH3 is 1. The van der Waals surface area contributed by atoms with Crippen molar-refractivity contribution in [2.45, 2.75) is 25.0 Å². The molecule has 0 radical (unpaired) electrons. The lowest BCUT2D eigenvalue weighted by Crippen LogP contribution is -2.43. The van der Waals surface area contributed by atoms with Crippen LogP contribution in [-0.2, 0) is 4.79 Å². The maximum Gasteiger partial charge on any atom is 0.321 e. The number of rotatable bonds is 7. The van der Waals surface area contributed by atoms with Crippen LogP contribution in [0.2, 0.25) is 5.02 Å². The number of hydrogen-bond donors (Lipinski definition) is 2. The van der Waals surface area contributed by atoms with E-state index in [0.29, 0.717) is 27.3 Å². The number of hydrogen-bond acceptors (Lipinski definition) is 6. The number of benzene rings is 2. The Morgan fingerprint density at radius 2 is 1.84 bits per heavy atom. The van der Waals surface area contributed by atoms with Crippen LogP contribution in [0, 0.1) is 0 Å². The lowest BCUT2D eigenvalue weighted by atomic mass is 10.2. The Balaban J connectivity index is 1.89. The third kappa shape index (κ3) is 5.77. The molecule has 2 aromatic carbocycles. The summed E-state index contributed by atoms with van der Waals surface area (Å²) in [7, 11) is 1.60. The molecule has 0 bridgehead atoms. The van der Waals surface area contributed by atoms with Crippen LogP contribution in [0.25, 0.3) is 17.1 Å². The van der Waals surface area contributed by atoms with Crippen LogP contribution in [0.4, 0.5) is 4.79 Å². The van der Waals surface area contributed by atoms with Crippen molar-refractivity contribution in [2.75, 3.05) is 12.9 Å². The molecule has 1 aromatic heterocycles.